The quantitative estimate of drug-likeness (QED) is 0.680. The van der Waals surface area contributed by atoms with Crippen molar-refractivity contribution in [3.63, 3.8) is 0 Å². The molecule has 1 aliphatic heterocycles. The molecule has 2 rings (SSSR count). The first kappa shape index (κ1) is 9.34. The van der Waals surface area contributed by atoms with E-state index in [0.717, 1.165) is 12.0 Å². The SMILES string of the molecule is C1CCC(CC2CC2)NC1.Cl. The van der Waals surface area contributed by atoms with Gasteiger partial charge in [-0.15, -0.1) is 12.4 Å². The second-order valence-corrected chi connectivity index (χ2v) is 3.83. The average molecular weight is 176 g/mol. The standard InChI is InChI=1S/C9H17N.ClH/c1-2-6-10-9(3-1)7-8-4-5-8;/h8-10H,1-7H2;1H. The summed E-state index contributed by atoms with van der Waals surface area (Å²) in [5, 5.41) is 3.59. The highest BCUT2D eigenvalue weighted by Crippen LogP contribution is 2.34. The Morgan fingerprint density at radius 1 is 1.09 bits per heavy atom. The maximum Gasteiger partial charge on any atom is 0.00697 e. The molecule has 2 fully saturated rings. The van der Waals surface area contributed by atoms with Crippen LogP contribution < -0.4 is 5.32 Å². The predicted molar refractivity (Wildman–Crippen MR) is 50.2 cm³/mol. The second-order valence-electron chi connectivity index (χ2n) is 3.83. The molecule has 1 nitrogen and oxygen atoms in total. The summed E-state index contributed by atoms with van der Waals surface area (Å²) < 4.78 is 0. The van der Waals surface area contributed by atoms with Gasteiger partial charge < -0.3 is 5.32 Å². The van der Waals surface area contributed by atoms with Gasteiger partial charge in [-0.3, -0.25) is 0 Å². The van der Waals surface area contributed by atoms with E-state index in [1.54, 1.807) is 0 Å². The molecule has 0 aromatic heterocycles. The summed E-state index contributed by atoms with van der Waals surface area (Å²) in [4.78, 5) is 0. The number of nitrogens with one attached hydrogen (secondary N) is 1. The maximum absolute atomic E-state index is 3.59. The van der Waals surface area contributed by atoms with E-state index in [1.807, 2.05) is 0 Å². The molecule has 1 N–H and O–H groups in total. The van der Waals surface area contributed by atoms with Gasteiger partial charge in [-0.1, -0.05) is 19.3 Å². The van der Waals surface area contributed by atoms with E-state index in [1.165, 1.54) is 45.1 Å². The monoisotopic (exact) mass is 175 g/mol. The normalized spacial score (nSPS) is 31.1. The van der Waals surface area contributed by atoms with Crippen molar-refractivity contribution in [2.45, 2.75) is 44.6 Å². The minimum absolute atomic E-state index is 0. The molecule has 0 radical (unpaired) electrons. The molecule has 2 aliphatic rings. The van der Waals surface area contributed by atoms with Gasteiger partial charge in [0.1, 0.15) is 0 Å². The van der Waals surface area contributed by atoms with E-state index in [9.17, 15) is 0 Å². The Kier molecular flexibility index (Phi) is 3.67. The molecule has 0 spiro atoms. The zero-order valence-corrected chi connectivity index (χ0v) is 7.83. The van der Waals surface area contributed by atoms with Crippen molar-refractivity contribution in [2.24, 2.45) is 5.92 Å². The lowest BCUT2D eigenvalue weighted by Crippen LogP contribution is -2.34. The third-order valence-electron chi connectivity index (χ3n) is 2.73. The molecule has 1 aliphatic carbocycles. The van der Waals surface area contributed by atoms with E-state index in [4.69, 9.17) is 0 Å². The first-order valence-corrected chi connectivity index (χ1v) is 4.68. The lowest BCUT2D eigenvalue weighted by Gasteiger charge is -2.22. The van der Waals surface area contributed by atoms with Gasteiger partial charge in [0, 0.05) is 6.04 Å². The van der Waals surface area contributed by atoms with Crippen LogP contribution in [0.4, 0.5) is 0 Å². The lowest BCUT2D eigenvalue weighted by atomic mass is 10.00. The smallest absolute Gasteiger partial charge is 0.00697 e. The number of rotatable bonds is 2. The minimum Gasteiger partial charge on any atom is -0.314 e. The summed E-state index contributed by atoms with van der Waals surface area (Å²) in [6, 6.07) is 0.890. The van der Waals surface area contributed by atoms with Crippen molar-refractivity contribution in [2.75, 3.05) is 6.54 Å². The highest BCUT2D eigenvalue weighted by Gasteiger charge is 2.25. The van der Waals surface area contributed by atoms with Gasteiger partial charge in [-0.25, -0.2) is 0 Å². The molecule has 1 saturated carbocycles. The van der Waals surface area contributed by atoms with Crippen molar-refractivity contribution >= 4 is 12.4 Å². The molecule has 0 bridgehead atoms. The van der Waals surface area contributed by atoms with Crippen molar-refractivity contribution in [1.82, 2.24) is 5.32 Å². The summed E-state index contributed by atoms with van der Waals surface area (Å²) >= 11 is 0. The topological polar surface area (TPSA) is 12.0 Å². The predicted octanol–water partition coefficient (Wildman–Crippen LogP) is 2.35. The lowest BCUT2D eigenvalue weighted by molar-refractivity contribution is 0.369. The van der Waals surface area contributed by atoms with Gasteiger partial charge in [0.25, 0.3) is 0 Å². The molecule has 1 saturated heterocycles. The third kappa shape index (κ3) is 3.00. The van der Waals surface area contributed by atoms with Crippen LogP contribution in [-0.2, 0) is 0 Å². The van der Waals surface area contributed by atoms with Crippen LogP contribution in [0, 0.1) is 5.92 Å². The fourth-order valence-corrected chi connectivity index (χ4v) is 1.88. The minimum atomic E-state index is 0. The van der Waals surface area contributed by atoms with Gasteiger partial charge in [-0.2, -0.15) is 0 Å². The van der Waals surface area contributed by atoms with Crippen LogP contribution in [0.5, 0.6) is 0 Å². The van der Waals surface area contributed by atoms with Crippen LogP contribution >= 0.6 is 12.4 Å². The summed E-state index contributed by atoms with van der Waals surface area (Å²) in [5.41, 5.74) is 0. The summed E-state index contributed by atoms with van der Waals surface area (Å²) in [6.45, 7) is 1.28. The van der Waals surface area contributed by atoms with Crippen molar-refractivity contribution in [3.05, 3.63) is 0 Å². The number of piperidine rings is 1. The fourth-order valence-electron chi connectivity index (χ4n) is 1.88. The molecule has 11 heavy (non-hydrogen) atoms. The van der Waals surface area contributed by atoms with Crippen LogP contribution in [0.1, 0.15) is 38.5 Å². The number of hydrogen-bond acceptors (Lipinski definition) is 1. The Hall–Kier alpha value is 0.250. The van der Waals surface area contributed by atoms with E-state index < -0.39 is 0 Å². The molecule has 0 amide bonds. The van der Waals surface area contributed by atoms with Crippen molar-refractivity contribution < 1.29 is 0 Å². The van der Waals surface area contributed by atoms with Crippen molar-refractivity contribution in [3.8, 4) is 0 Å². The number of hydrogen-bond donors (Lipinski definition) is 1. The highest BCUT2D eigenvalue weighted by molar-refractivity contribution is 5.85. The zero-order chi connectivity index (χ0) is 6.81. The van der Waals surface area contributed by atoms with Crippen LogP contribution in [0.15, 0.2) is 0 Å². The molecule has 1 atom stereocenters. The van der Waals surface area contributed by atoms with Gasteiger partial charge in [0.05, 0.1) is 0 Å². The third-order valence-corrected chi connectivity index (χ3v) is 2.73. The highest BCUT2D eigenvalue weighted by atomic mass is 35.5. The molecule has 66 valence electrons. The van der Waals surface area contributed by atoms with E-state index in [2.05, 4.69) is 5.32 Å². The van der Waals surface area contributed by atoms with Gasteiger partial charge in [-0.05, 0) is 31.7 Å². The molecule has 0 aromatic carbocycles. The summed E-state index contributed by atoms with van der Waals surface area (Å²) in [6.07, 6.45) is 8.80. The Bertz CT molecular complexity index is 106. The Morgan fingerprint density at radius 2 is 1.91 bits per heavy atom. The molecular weight excluding hydrogens is 158 g/mol. The Labute approximate surface area is 75.4 Å². The van der Waals surface area contributed by atoms with Crippen molar-refractivity contribution in [1.29, 1.82) is 0 Å². The van der Waals surface area contributed by atoms with E-state index in [-0.39, 0.29) is 12.4 Å². The second kappa shape index (κ2) is 4.32. The Morgan fingerprint density at radius 3 is 2.45 bits per heavy atom. The first-order valence-electron chi connectivity index (χ1n) is 4.68. The van der Waals surface area contributed by atoms with E-state index in [0.29, 0.717) is 0 Å². The molecule has 1 heterocycles. The van der Waals surface area contributed by atoms with Crippen LogP contribution in [0.3, 0.4) is 0 Å². The summed E-state index contributed by atoms with van der Waals surface area (Å²) in [7, 11) is 0. The van der Waals surface area contributed by atoms with Gasteiger partial charge >= 0.3 is 0 Å². The van der Waals surface area contributed by atoms with E-state index >= 15 is 0 Å². The maximum atomic E-state index is 3.59. The Balaban J connectivity index is 0.000000605. The molecule has 1 unspecified atom stereocenters. The van der Waals surface area contributed by atoms with Crippen LogP contribution in [-0.4, -0.2) is 12.6 Å². The molecule has 2 heteroatoms. The zero-order valence-electron chi connectivity index (χ0n) is 7.01. The van der Waals surface area contributed by atoms with Gasteiger partial charge in [0.15, 0.2) is 0 Å². The average Bonchev–Trinajstić information content (AvgIpc) is 2.74. The number of halogens is 1. The first-order chi connectivity index (χ1) is 4.95. The summed E-state index contributed by atoms with van der Waals surface area (Å²) in [5.74, 6) is 1.11. The van der Waals surface area contributed by atoms with Gasteiger partial charge in [0.2, 0.25) is 0 Å². The van der Waals surface area contributed by atoms with Crippen LogP contribution in [0.2, 0.25) is 0 Å². The molecular formula is C9H18ClN. The molecule has 0 aromatic rings. The van der Waals surface area contributed by atoms with Crippen LogP contribution in [0.25, 0.3) is 0 Å². The largest absolute Gasteiger partial charge is 0.314 e. The fraction of sp³-hybridized carbons (Fsp3) is 1.00.